The van der Waals surface area contributed by atoms with Gasteiger partial charge in [0, 0.05) is 24.2 Å². The van der Waals surface area contributed by atoms with Gasteiger partial charge in [0.25, 0.3) is 5.91 Å². The van der Waals surface area contributed by atoms with E-state index in [4.69, 9.17) is 9.26 Å². The first-order chi connectivity index (χ1) is 12.9. The number of nitrogens with zero attached hydrogens (tertiary/aromatic N) is 2. The zero-order valence-electron chi connectivity index (χ0n) is 14.1. The Morgan fingerprint density at radius 1 is 1.19 bits per heavy atom. The molecule has 1 saturated heterocycles. The third kappa shape index (κ3) is 3.66. The topological polar surface area (TPSA) is 55.6 Å². The molecule has 0 spiro atoms. The number of halogens is 3. The van der Waals surface area contributed by atoms with E-state index in [1.807, 2.05) is 30.3 Å². The number of rotatable bonds is 4. The lowest BCUT2D eigenvalue weighted by atomic mass is 10.0. The van der Waals surface area contributed by atoms with Crippen molar-refractivity contribution in [2.75, 3.05) is 19.7 Å². The molecule has 27 heavy (non-hydrogen) atoms. The molecule has 0 unspecified atom stereocenters. The highest BCUT2D eigenvalue weighted by Crippen LogP contribution is 2.30. The van der Waals surface area contributed by atoms with Crippen molar-refractivity contribution in [1.29, 1.82) is 0 Å². The molecule has 1 aliphatic rings. The lowest BCUT2D eigenvalue weighted by Crippen LogP contribution is -2.55. The average Bonchev–Trinajstić information content (AvgIpc) is 3.03. The number of amides is 1. The molecule has 2 aromatic carbocycles. The average molecular weight is 376 g/mol. The molecule has 0 radical (unpaired) electrons. The molecular weight excluding hydrogens is 361 g/mol. The summed E-state index contributed by atoms with van der Waals surface area (Å²) in [5.41, 5.74) is 1.90. The van der Waals surface area contributed by atoms with E-state index in [0.29, 0.717) is 22.2 Å². The maximum Gasteiger partial charge on any atom is 0.411 e. The second-order valence-electron chi connectivity index (χ2n) is 6.37. The van der Waals surface area contributed by atoms with Gasteiger partial charge < -0.3 is 14.2 Å². The fourth-order valence-electron chi connectivity index (χ4n) is 2.98. The van der Waals surface area contributed by atoms with E-state index in [0.717, 1.165) is 5.56 Å². The summed E-state index contributed by atoms with van der Waals surface area (Å²) < 4.78 is 46.7. The zero-order chi connectivity index (χ0) is 19.0. The number of carbonyl (C=O) groups is 1. The fraction of sp³-hybridized carbons (Fsp3) is 0.263. The molecule has 4 rings (SSSR count). The summed E-state index contributed by atoms with van der Waals surface area (Å²) in [6, 6.07) is 14.4. The van der Waals surface area contributed by atoms with Crippen molar-refractivity contribution < 1.29 is 27.2 Å². The molecule has 0 bridgehead atoms. The first-order valence-electron chi connectivity index (χ1n) is 8.33. The van der Waals surface area contributed by atoms with Crippen LogP contribution < -0.4 is 0 Å². The summed E-state index contributed by atoms with van der Waals surface area (Å²) in [5.74, 6) is 0.305. The van der Waals surface area contributed by atoms with E-state index in [-0.39, 0.29) is 19.0 Å². The first-order valence-corrected chi connectivity index (χ1v) is 8.33. The minimum Gasteiger partial charge on any atom is -0.365 e. The van der Waals surface area contributed by atoms with Gasteiger partial charge in [0.1, 0.15) is 12.1 Å². The van der Waals surface area contributed by atoms with Crippen LogP contribution in [-0.4, -0.2) is 47.9 Å². The summed E-state index contributed by atoms with van der Waals surface area (Å²) in [4.78, 5) is 14.0. The molecule has 3 aromatic rings. The Bertz CT molecular complexity index is 963. The molecule has 0 saturated carbocycles. The molecule has 1 aliphatic heterocycles. The number of carbonyl (C=O) groups excluding carboxylic acids is 1. The van der Waals surface area contributed by atoms with Crippen LogP contribution in [0.25, 0.3) is 22.2 Å². The number of hydrogen-bond donors (Lipinski definition) is 0. The highest BCUT2D eigenvalue weighted by molar-refractivity contribution is 6.01. The normalized spacial score (nSPS) is 15.1. The van der Waals surface area contributed by atoms with E-state index < -0.39 is 18.9 Å². The maximum atomic E-state index is 12.6. The molecule has 8 heteroatoms. The van der Waals surface area contributed by atoms with E-state index in [2.05, 4.69) is 5.16 Å². The van der Waals surface area contributed by atoms with Crippen LogP contribution in [0.15, 0.2) is 53.1 Å². The van der Waals surface area contributed by atoms with Crippen molar-refractivity contribution in [2.45, 2.75) is 12.3 Å². The van der Waals surface area contributed by atoms with E-state index in [1.165, 1.54) is 4.90 Å². The Morgan fingerprint density at radius 3 is 2.63 bits per heavy atom. The number of fused-ring (bicyclic) bond motifs is 1. The molecule has 5 nitrogen and oxygen atoms in total. The van der Waals surface area contributed by atoms with Crippen molar-refractivity contribution in [3.63, 3.8) is 0 Å². The molecule has 0 aliphatic carbocycles. The Hall–Kier alpha value is -2.87. The predicted molar refractivity (Wildman–Crippen MR) is 91.1 cm³/mol. The predicted octanol–water partition coefficient (Wildman–Crippen LogP) is 3.90. The van der Waals surface area contributed by atoms with Gasteiger partial charge in [-0.05, 0) is 18.2 Å². The van der Waals surface area contributed by atoms with Gasteiger partial charge in [-0.25, -0.2) is 0 Å². The standard InChI is InChI=1S/C19H15F3N2O3/c20-19(21,22)11-26-14-9-24(10-14)18(25)13-6-7-16-15(8-13)17(27-23-16)12-4-2-1-3-5-12/h1-8,14H,9-11H2. The van der Waals surface area contributed by atoms with Gasteiger partial charge in [0.15, 0.2) is 5.76 Å². The van der Waals surface area contributed by atoms with Gasteiger partial charge in [0.2, 0.25) is 0 Å². The number of alkyl halides is 3. The largest absolute Gasteiger partial charge is 0.411 e. The molecule has 0 atom stereocenters. The van der Waals surface area contributed by atoms with Crippen LogP contribution in [0.5, 0.6) is 0 Å². The minimum atomic E-state index is -4.36. The van der Waals surface area contributed by atoms with E-state index in [1.54, 1.807) is 18.2 Å². The molecule has 1 amide bonds. The number of likely N-dealkylation sites (tertiary alicyclic amines) is 1. The van der Waals surface area contributed by atoms with Gasteiger partial charge in [-0.1, -0.05) is 35.5 Å². The Balaban J connectivity index is 1.49. The number of benzene rings is 2. The fourth-order valence-corrected chi connectivity index (χ4v) is 2.98. The first kappa shape index (κ1) is 17.5. The van der Waals surface area contributed by atoms with Crippen LogP contribution in [0.4, 0.5) is 13.2 Å². The molecule has 140 valence electrons. The SMILES string of the molecule is O=C(c1ccc2noc(-c3ccccc3)c2c1)N1CC(OCC(F)(F)F)C1. The van der Waals surface area contributed by atoms with Crippen LogP contribution in [0.3, 0.4) is 0 Å². The van der Waals surface area contributed by atoms with Crippen molar-refractivity contribution >= 4 is 16.8 Å². The highest BCUT2D eigenvalue weighted by atomic mass is 19.4. The molecule has 2 heterocycles. The van der Waals surface area contributed by atoms with Crippen LogP contribution in [0.2, 0.25) is 0 Å². The van der Waals surface area contributed by atoms with Gasteiger partial charge >= 0.3 is 6.18 Å². The lowest BCUT2D eigenvalue weighted by Gasteiger charge is -2.39. The van der Waals surface area contributed by atoms with Crippen molar-refractivity contribution in [3.8, 4) is 11.3 Å². The second-order valence-corrected chi connectivity index (χ2v) is 6.37. The Labute approximate surface area is 152 Å². The number of aromatic nitrogens is 1. The smallest absolute Gasteiger partial charge is 0.365 e. The van der Waals surface area contributed by atoms with Crippen LogP contribution >= 0.6 is 0 Å². The van der Waals surface area contributed by atoms with Gasteiger partial charge in [0.05, 0.1) is 11.5 Å². The van der Waals surface area contributed by atoms with E-state index >= 15 is 0 Å². The highest BCUT2D eigenvalue weighted by Gasteiger charge is 2.36. The molecule has 1 aromatic heterocycles. The second kappa shape index (κ2) is 6.70. The minimum absolute atomic E-state index is 0.141. The van der Waals surface area contributed by atoms with E-state index in [9.17, 15) is 18.0 Å². The van der Waals surface area contributed by atoms with Crippen molar-refractivity contribution in [3.05, 3.63) is 54.1 Å². The lowest BCUT2D eigenvalue weighted by molar-refractivity contribution is -0.196. The van der Waals surface area contributed by atoms with Crippen molar-refractivity contribution in [2.24, 2.45) is 0 Å². The molecule has 1 fully saturated rings. The molecule has 0 N–H and O–H groups in total. The summed E-state index contributed by atoms with van der Waals surface area (Å²) in [6.45, 7) is -1.02. The van der Waals surface area contributed by atoms with Crippen molar-refractivity contribution in [1.82, 2.24) is 10.1 Å². The van der Waals surface area contributed by atoms with Gasteiger partial charge in [-0.2, -0.15) is 13.2 Å². The van der Waals surface area contributed by atoms with Crippen LogP contribution in [0, 0.1) is 0 Å². The number of hydrogen-bond acceptors (Lipinski definition) is 4. The number of ether oxygens (including phenoxy) is 1. The van der Waals surface area contributed by atoms with Crippen LogP contribution in [-0.2, 0) is 4.74 Å². The Morgan fingerprint density at radius 2 is 1.93 bits per heavy atom. The molecular formula is C19H15F3N2O3. The Kier molecular flexibility index (Phi) is 4.35. The zero-order valence-corrected chi connectivity index (χ0v) is 14.1. The third-order valence-corrected chi connectivity index (χ3v) is 4.38. The quantitative estimate of drug-likeness (QED) is 0.693. The summed E-state index contributed by atoms with van der Waals surface area (Å²) in [6.07, 6.45) is -4.95. The monoisotopic (exact) mass is 376 g/mol. The van der Waals surface area contributed by atoms with Gasteiger partial charge in [-0.3, -0.25) is 4.79 Å². The van der Waals surface area contributed by atoms with Crippen LogP contribution in [0.1, 0.15) is 10.4 Å². The maximum absolute atomic E-state index is 12.6. The third-order valence-electron chi connectivity index (χ3n) is 4.38. The summed E-state index contributed by atoms with van der Waals surface area (Å²) in [5, 5.41) is 4.71. The summed E-state index contributed by atoms with van der Waals surface area (Å²) in [7, 11) is 0. The van der Waals surface area contributed by atoms with Gasteiger partial charge in [-0.15, -0.1) is 0 Å². The summed E-state index contributed by atoms with van der Waals surface area (Å²) >= 11 is 0.